The van der Waals surface area contributed by atoms with Crippen molar-refractivity contribution in [2.75, 3.05) is 26.2 Å². The highest BCUT2D eigenvalue weighted by atomic mass is 127. The number of guanidine groups is 1. The zero-order valence-electron chi connectivity index (χ0n) is 13.3. The van der Waals surface area contributed by atoms with Gasteiger partial charge in [-0.3, -0.25) is 4.99 Å². The van der Waals surface area contributed by atoms with Gasteiger partial charge in [0.2, 0.25) is 0 Å². The Morgan fingerprint density at radius 3 is 2.58 bits per heavy atom. The maximum atomic E-state index is 4.79. The molecule has 19 heavy (non-hydrogen) atoms. The first-order valence-corrected chi connectivity index (χ1v) is 7.45. The van der Waals surface area contributed by atoms with Crippen LogP contribution >= 0.6 is 24.0 Å². The van der Waals surface area contributed by atoms with Crippen LogP contribution in [0.25, 0.3) is 0 Å². The van der Waals surface area contributed by atoms with Gasteiger partial charge in [-0.05, 0) is 37.5 Å². The Morgan fingerprint density at radius 2 is 2.05 bits per heavy atom. The van der Waals surface area contributed by atoms with Gasteiger partial charge in [-0.15, -0.1) is 24.0 Å². The third-order valence-corrected chi connectivity index (χ3v) is 3.41. The zero-order valence-corrected chi connectivity index (χ0v) is 15.7. The van der Waals surface area contributed by atoms with Crippen LogP contribution < -0.4 is 5.32 Å². The molecule has 0 bridgehead atoms. The molecule has 1 atom stereocenters. The number of nitrogens with zero attached hydrogens (tertiary/aromatic N) is 2. The van der Waals surface area contributed by atoms with Crippen LogP contribution in [0.4, 0.5) is 0 Å². The molecule has 114 valence electrons. The van der Waals surface area contributed by atoms with Crippen molar-refractivity contribution in [3.05, 3.63) is 0 Å². The monoisotopic (exact) mass is 381 g/mol. The van der Waals surface area contributed by atoms with Crippen LogP contribution in [-0.4, -0.2) is 37.0 Å². The molecule has 0 aromatic rings. The summed E-state index contributed by atoms with van der Waals surface area (Å²) in [6, 6.07) is 0. The zero-order chi connectivity index (χ0) is 13.6. The van der Waals surface area contributed by atoms with Gasteiger partial charge in [0.05, 0.1) is 0 Å². The van der Waals surface area contributed by atoms with Gasteiger partial charge in [0.25, 0.3) is 0 Å². The fourth-order valence-electron chi connectivity index (χ4n) is 2.30. The molecule has 0 amide bonds. The van der Waals surface area contributed by atoms with Gasteiger partial charge < -0.3 is 10.2 Å². The summed E-state index contributed by atoms with van der Waals surface area (Å²) >= 11 is 0. The predicted molar refractivity (Wildman–Crippen MR) is 95.4 cm³/mol. The van der Waals surface area contributed by atoms with Gasteiger partial charge in [0.1, 0.15) is 0 Å². The maximum Gasteiger partial charge on any atom is 0.193 e. The molecule has 1 rings (SSSR count). The van der Waals surface area contributed by atoms with Crippen LogP contribution in [0.5, 0.6) is 0 Å². The number of rotatable bonds is 3. The molecule has 1 N–H and O–H groups in total. The van der Waals surface area contributed by atoms with Gasteiger partial charge in [-0.25, -0.2) is 0 Å². The molecule has 0 saturated carbocycles. The molecule has 1 heterocycles. The molecule has 0 aliphatic carbocycles. The molecule has 1 aliphatic rings. The molecule has 1 aliphatic heterocycles. The number of piperidine rings is 1. The second-order valence-electron chi connectivity index (χ2n) is 6.74. The summed E-state index contributed by atoms with van der Waals surface area (Å²) < 4.78 is 0. The van der Waals surface area contributed by atoms with E-state index in [1.165, 1.54) is 12.8 Å². The normalized spacial score (nSPS) is 21.0. The van der Waals surface area contributed by atoms with Crippen LogP contribution in [0.15, 0.2) is 4.99 Å². The van der Waals surface area contributed by atoms with Gasteiger partial charge in [0.15, 0.2) is 5.96 Å². The van der Waals surface area contributed by atoms with Crippen LogP contribution in [0, 0.1) is 11.3 Å². The van der Waals surface area contributed by atoms with Crippen molar-refractivity contribution >= 4 is 29.9 Å². The minimum Gasteiger partial charge on any atom is -0.357 e. The third-order valence-electron chi connectivity index (χ3n) is 3.41. The molecule has 0 aromatic carbocycles. The second-order valence-corrected chi connectivity index (χ2v) is 6.74. The maximum absolute atomic E-state index is 4.79. The predicted octanol–water partition coefficient (Wildman–Crippen LogP) is 3.74. The van der Waals surface area contributed by atoms with Crippen molar-refractivity contribution in [2.45, 2.75) is 53.9 Å². The van der Waals surface area contributed by atoms with E-state index in [2.05, 4.69) is 44.8 Å². The summed E-state index contributed by atoms with van der Waals surface area (Å²) in [6.07, 6.45) is 3.80. The third kappa shape index (κ3) is 8.00. The van der Waals surface area contributed by atoms with Crippen LogP contribution in [-0.2, 0) is 0 Å². The molecule has 3 nitrogen and oxygen atoms in total. The van der Waals surface area contributed by atoms with E-state index in [1.807, 2.05) is 0 Å². The Hall–Kier alpha value is 0. The fraction of sp³-hybridized carbons (Fsp3) is 0.933. The Kier molecular flexibility index (Phi) is 9.03. The van der Waals surface area contributed by atoms with Gasteiger partial charge >= 0.3 is 0 Å². The fourth-order valence-corrected chi connectivity index (χ4v) is 2.30. The van der Waals surface area contributed by atoms with Crippen LogP contribution in [0.2, 0.25) is 0 Å². The first kappa shape index (κ1) is 19.0. The number of hydrogen-bond donors (Lipinski definition) is 1. The molecule has 0 radical (unpaired) electrons. The lowest BCUT2D eigenvalue weighted by molar-refractivity contribution is 0.265. The Labute approximate surface area is 136 Å². The van der Waals surface area contributed by atoms with Crippen molar-refractivity contribution in [3.8, 4) is 0 Å². The summed E-state index contributed by atoms with van der Waals surface area (Å²) in [5.74, 6) is 1.92. The number of aliphatic imine (C=N–C) groups is 1. The summed E-state index contributed by atoms with van der Waals surface area (Å²) in [4.78, 5) is 7.22. The van der Waals surface area contributed by atoms with E-state index in [1.54, 1.807) is 0 Å². The quantitative estimate of drug-likeness (QED) is 0.458. The lowest BCUT2D eigenvalue weighted by Gasteiger charge is -2.33. The molecule has 0 spiro atoms. The summed E-state index contributed by atoms with van der Waals surface area (Å²) in [5.41, 5.74) is 0.371. The van der Waals surface area contributed by atoms with E-state index in [0.29, 0.717) is 5.41 Å². The van der Waals surface area contributed by atoms with Gasteiger partial charge in [0, 0.05) is 26.2 Å². The first-order chi connectivity index (χ1) is 8.42. The van der Waals surface area contributed by atoms with E-state index < -0.39 is 0 Å². The highest BCUT2D eigenvalue weighted by molar-refractivity contribution is 14.0. The SMILES string of the molecule is CCNC(=NCCC(C)(C)C)N1CCCC(C)C1.I. The molecule has 1 unspecified atom stereocenters. The lowest BCUT2D eigenvalue weighted by atomic mass is 9.92. The Morgan fingerprint density at radius 1 is 1.37 bits per heavy atom. The van der Waals surface area contributed by atoms with Crippen molar-refractivity contribution in [1.82, 2.24) is 10.2 Å². The smallest absolute Gasteiger partial charge is 0.193 e. The van der Waals surface area contributed by atoms with E-state index in [9.17, 15) is 0 Å². The number of halogens is 1. The molecule has 0 aromatic heterocycles. The van der Waals surface area contributed by atoms with Crippen molar-refractivity contribution in [3.63, 3.8) is 0 Å². The van der Waals surface area contributed by atoms with Crippen molar-refractivity contribution in [2.24, 2.45) is 16.3 Å². The highest BCUT2D eigenvalue weighted by Crippen LogP contribution is 2.19. The van der Waals surface area contributed by atoms with Gasteiger partial charge in [-0.2, -0.15) is 0 Å². The second kappa shape index (κ2) is 9.03. The summed E-state index contributed by atoms with van der Waals surface area (Å²) in [7, 11) is 0. The lowest BCUT2D eigenvalue weighted by Crippen LogP contribution is -2.46. The number of nitrogens with one attached hydrogen (secondary N) is 1. The summed E-state index contributed by atoms with van der Waals surface area (Å²) in [5, 5.41) is 3.44. The van der Waals surface area contributed by atoms with E-state index in [-0.39, 0.29) is 24.0 Å². The van der Waals surface area contributed by atoms with Crippen LogP contribution in [0.3, 0.4) is 0 Å². The average Bonchev–Trinajstić information content (AvgIpc) is 2.26. The largest absolute Gasteiger partial charge is 0.357 e. The van der Waals surface area contributed by atoms with E-state index >= 15 is 0 Å². The minimum atomic E-state index is 0. The molecular formula is C15H32IN3. The Balaban J connectivity index is 0.00000324. The van der Waals surface area contributed by atoms with E-state index in [0.717, 1.165) is 44.5 Å². The number of likely N-dealkylation sites (tertiary alicyclic amines) is 1. The molecule has 4 heteroatoms. The van der Waals surface area contributed by atoms with Gasteiger partial charge in [-0.1, -0.05) is 27.7 Å². The van der Waals surface area contributed by atoms with Crippen molar-refractivity contribution < 1.29 is 0 Å². The highest BCUT2D eigenvalue weighted by Gasteiger charge is 2.19. The van der Waals surface area contributed by atoms with Crippen molar-refractivity contribution in [1.29, 1.82) is 0 Å². The molecule has 1 fully saturated rings. The average molecular weight is 381 g/mol. The van der Waals surface area contributed by atoms with Crippen LogP contribution in [0.1, 0.15) is 53.9 Å². The number of hydrogen-bond acceptors (Lipinski definition) is 1. The minimum absolute atomic E-state index is 0. The topological polar surface area (TPSA) is 27.6 Å². The molecule has 1 saturated heterocycles. The standard InChI is InChI=1S/C15H31N3.HI/c1-6-16-14(17-10-9-15(3,4)5)18-11-7-8-13(2)12-18;/h13H,6-12H2,1-5H3,(H,16,17);1H. The van der Waals surface area contributed by atoms with E-state index in [4.69, 9.17) is 4.99 Å². The summed E-state index contributed by atoms with van der Waals surface area (Å²) in [6.45, 7) is 15.5. The first-order valence-electron chi connectivity index (χ1n) is 7.45. The molecular weight excluding hydrogens is 349 g/mol. The Bertz CT molecular complexity index is 271.